The van der Waals surface area contributed by atoms with Gasteiger partial charge in [-0.05, 0) is 78.2 Å². The number of halogens is 4. The molecule has 0 fully saturated rings. The normalized spacial score (nSPS) is 11.3. The Labute approximate surface area is 327 Å². The highest BCUT2D eigenvalue weighted by molar-refractivity contribution is 6.40. The molecule has 4 heterocycles. The molecule has 4 N–H and O–H groups in total. The van der Waals surface area contributed by atoms with E-state index in [1.54, 1.807) is 67.1 Å². The second-order valence-corrected chi connectivity index (χ2v) is 14.1. The van der Waals surface area contributed by atoms with Crippen molar-refractivity contribution >= 4 is 126 Å². The van der Waals surface area contributed by atoms with Gasteiger partial charge in [-0.25, -0.2) is 9.97 Å². The van der Waals surface area contributed by atoms with Crippen molar-refractivity contribution < 1.29 is 4.79 Å². The first kappa shape index (κ1) is 36.8. The number of imidazole rings is 2. The number of hydrogen-bond acceptors (Lipinski definition) is 7. The fourth-order valence-electron chi connectivity index (χ4n) is 6.55. The average molecular weight is 801 g/mol. The quantitative estimate of drug-likeness (QED) is 0.123. The van der Waals surface area contributed by atoms with Crippen LogP contribution >= 0.6 is 46.4 Å². The highest BCUT2D eigenvalue weighted by Crippen LogP contribution is 2.36. The smallest absolute Gasteiger partial charge is 0.258 e. The summed E-state index contributed by atoms with van der Waals surface area (Å²) in [7, 11) is 3.64. The zero-order valence-corrected chi connectivity index (χ0v) is 32.2. The number of hydrogen-bond donors (Lipinski definition) is 4. The lowest BCUT2D eigenvalue weighted by atomic mass is 10.0. The van der Waals surface area contributed by atoms with Crippen molar-refractivity contribution in [3.8, 4) is 0 Å². The largest absolute Gasteiger partial charge is 0.323 e. The fourth-order valence-corrected chi connectivity index (χ4v) is 7.53. The van der Waals surface area contributed by atoms with E-state index in [1.807, 2.05) is 36.7 Å². The summed E-state index contributed by atoms with van der Waals surface area (Å²) in [6.07, 6.45) is 2.30. The molecule has 0 saturated heterocycles. The van der Waals surface area contributed by atoms with Gasteiger partial charge in [0.1, 0.15) is 0 Å². The minimum absolute atomic E-state index is 0.179. The summed E-state index contributed by atoms with van der Waals surface area (Å²) in [5.74, 6) is 1.03. The topological polar surface area (TPSA) is 142 Å². The van der Waals surface area contributed by atoms with Crippen LogP contribution in [0.4, 0.5) is 23.3 Å². The summed E-state index contributed by atoms with van der Waals surface area (Å²) in [5.41, 5.74) is 5.99. The monoisotopic (exact) mass is 798 g/mol. The van der Waals surface area contributed by atoms with Crippen LogP contribution in [0.1, 0.15) is 27.3 Å². The Morgan fingerprint density at radius 1 is 0.648 bits per heavy atom. The van der Waals surface area contributed by atoms with Crippen molar-refractivity contribution in [2.45, 2.75) is 13.8 Å². The van der Waals surface area contributed by atoms with Crippen LogP contribution < -0.4 is 21.8 Å². The zero-order chi connectivity index (χ0) is 38.6. The van der Waals surface area contributed by atoms with Gasteiger partial charge in [-0.3, -0.25) is 14.4 Å². The Morgan fingerprint density at radius 3 is 1.43 bits per heavy atom. The van der Waals surface area contributed by atoms with E-state index >= 15 is 0 Å². The van der Waals surface area contributed by atoms with E-state index in [9.17, 15) is 14.4 Å². The van der Waals surface area contributed by atoms with Crippen LogP contribution in [-0.4, -0.2) is 35.4 Å². The predicted octanol–water partition coefficient (Wildman–Crippen LogP) is 10.0. The lowest BCUT2D eigenvalue weighted by Gasteiger charge is -2.10. The number of pyridine rings is 2. The van der Waals surface area contributed by atoms with E-state index in [2.05, 4.69) is 37.1 Å². The fraction of sp³-hybridized carbons (Fsp3) is 0.103. The van der Waals surface area contributed by atoms with Crippen LogP contribution in [0.2, 0.25) is 20.1 Å². The molecule has 272 valence electrons. The number of aryl methyl sites for hydroxylation is 4. The zero-order valence-electron chi connectivity index (χ0n) is 29.2. The number of nitrogens with zero attached hydrogens (tertiary/aromatic N) is 4. The van der Waals surface area contributed by atoms with Crippen molar-refractivity contribution in [3.63, 3.8) is 0 Å². The molecule has 54 heavy (non-hydrogen) atoms. The van der Waals surface area contributed by atoms with Gasteiger partial charge in [0.25, 0.3) is 11.1 Å². The molecule has 0 bridgehead atoms. The molecule has 0 amide bonds. The highest BCUT2D eigenvalue weighted by Gasteiger charge is 2.19. The maximum absolute atomic E-state index is 12.7. The van der Waals surface area contributed by atoms with Gasteiger partial charge >= 0.3 is 0 Å². The second-order valence-electron chi connectivity index (χ2n) is 12.5. The summed E-state index contributed by atoms with van der Waals surface area (Å²) < 4.78 is 3.60. The third kappa shape index (κ3) is 6.18. The number of aromatic amines is 2. The third-order valence-electron chi connectivity index (χ3n) is 9.36. The molecule has 4 aromatic carbocycles. The lowest BCUT2D eigenvalue weighted by molar-refractivity contribution is 0.111. The summed E-state index contributed by atoms with van der Waals surface area (Å²) in [6, 6.07) is 17.9. The molecule has 8 rings (SSSR count). The van der Waals surface area contributed by atoms with Crippen LogP contribution in [0.3, 0.4) is 0 Å². The molecule has 0 saturated carbocycles. The first-order chi connectivity index (χ1) is 25.8. The number of rotatable bonds is 6. The van der Waals surface area contributed by atoms with Crippen molar-refractivity contribution in [2.75, 3.05) is 10.6 Å². The molecular weight excluding hydrogens is 770 g/mol. The van der Waals surface area contributed by atoms with E-state index in [1.165, 1.54) is 0 Å². The van der Waals surface area contributed by atoms with Crippen LogP contribution in [0.25, 0.3) is 49.7 Å². The summed E-state index contributed by atoms with van der Waals surface area (Å²) in [5, 5.41) is 10.9. The standard InChI is InChI=1S/C20H16Cl2N4O.C19H14Cl2N4O2/c1-4-14-10(2)11-8-9-15-18(16(11)19(27)23-14)26(3)20(24-15)25-17-12(21)6-5-7-13(17)22;1-9-10-6-7-13-17(15(10)18(27)22-14(9)8-26)25(2)19(23-13)24-16-11(20)4-3-5-12(16)21/h4-9H,1H2,2-3H3,(H,23,27)(H,24,25);3-8H,1-2H3,(H,22,27)(H,23,24). The Morgan fingerprint density at radius 2 is 1.04 bits per heavy atom. The Hall–Kier alpha value is -5.59. The lowest BCUT2D eigenvalue weighted by Crippen LogP contribution is -2.12. The summed E-state index contributed by atoms with van der Waals surface area (Å²) in [6.45, 7) is 7.52. The number of nitrogens with one attached hydrogen (secondary N) is 4. The van der Waals surface area contributed by atoms with Gasteiger partial charge < -0.3 is 29.7 Å². The molecule has 0 radical (unpaired) electrons. The maximum atomic E-state index is 12.7. The van der Waals surface area contributed by atoms with Crippen molar-refractivity contribution in [2.24, 2.45) is 14.1 Å². The van der Waals surface area contributed by atoms with Crippen molar-refractivity contribution in [1.29, 1.82) is 0 Å². The number of aromatic nitrogens is 6. The summed E-state index contributed by atoms with van der Waals surface area (Å²) >= 11 is 25.0. The van der Waals surface area contributed by atoms with E-state index < -0.39 is 0 Å². The van der Waals surface area contributed by atoms with Crippen LogP contribution in [0.5, 0.6) is 0 Å². The molecule has 0 aliphatic carbocycles. The minimum atomic E-state index is -0.339. The first-order valence-corrected chi connectivity index (χ1v) is 17.9. The molecular formula is C39H30Cl4N8O3. The van der Waals surface area contributed by atoms with Gasteiger partial charge in [0.05, 0.1) is 70.0 Å². The third-order valence-corrected chi connectivity index (χ3v) is 10.6. The molecule has 0 aliphatic rings. The predicted molar refractivity (Wildman–Crippen MR) is 222 cm³/mol. The molecule has 15 heteroatoms. The number of fused-ring (bicyclic) bond motifs is 6. The van der Waals surface area contributed by atoms with Crippen LogP contribution in [0, 0.1) is 13.8 Å². The van der Waals surface area contributed by atoms with Gasteiger partial charge in [0, 0.05) is 19.8 Å². The molecule has 0 spiro atoms. The van der Waals surface area contributed by atoms with Gasteiger partial charge in [0.15, 0.2) is 6.29 Å². The van der Waals surface area contributed by atoms with E-state index in [4.69, 9.17) is 46.4 Å². The number of benzene rings is 4. The van der Waals surface area contributed by atoms with Crippen LogP contribution in [0.15, 0.2) is 76.8 Å². The first-order valence-electron chi connectivity index (χ1n) is 16.4. The number of H-pyrrole nitrogens is 2. The maximum Gasteiger partial charge on any atom is 0.258 e. The Bertz CT molecular complexity index is 2740. The van der Waals surface area contributed by atoms with Gasteiger partial charge in [-0.2, -0.15) is 0 Å². The number of carbonyl (C=O) groups excluding carboxylic acids is 1. The Balaban J connectivity index is 0.000000167. The molecule has 4 aromatic heterocycles. The SMILES string of the molecule is C=Cc1[nH]c(=O)c2c(ccc3nc(Nc4c(Cl)cccc4Cl)n(C)c32)c1C.Cc1c(C=O)[nH]c(=O)c2c1ccc1nc(Nc3c(Cl)cccc3Cl)n(C)c12. The van der Waals surface area contributed by atoms with E-state index in [-0.39, 0.29) is 16.8 Å². The number of carbonyl (C=O) groups is 1. The second kappa shape index (κ2) is 14.3. The number of aldehydes is 1. The minimum Gasteiger partial charge on any atom is -0.323 e. The Kier molecular flexibility index (Phi) is 9.76. The van der Waals surface area contributed by atoms with E-state index in [0.29, 0.717) is 87.9 Å². The van der Waals surface area contributed by atoms with Crippen LogP contribution in [-0.2, 0) is 14.1 Å². The highest BCUT2D eigenvalue weighted by atomic mass is 35.5. The molecule has 11 nitrogen and oxygen atoms in total. The molecule has 8 aromatic rings. The number of para-hydroxylation sites is 2. The van der Waals surface area contributed by atoms with Crippen molar-refractivity contribution in [1.82, 2.24) is 29.1 Å². The average Bonchev–Trinajstić information content (AvgIpc) is 3.65. The van der Waals surface area contributed by atoms with Gasteiger partial charge in [-0.15, -0.1) is 0 Å². The van der Waals surface area contributed by atoms with Gasteiger partial charge in [-0.1, -0.05) is 77.2 Å². The van der Waals surface area contributed by atoms with E-state index in [0.717, 1.165) is 22.2 Å². The number of anilines is 4. The summed E-state index contributed by atoms with van der Waals surface area (Å²) in [4.78, 5) is 51.3. The van der Waals surface area contributed by atoms with Crippen molar-refractivity contribution in [3.05, 3.63) is 131 Å². The molecule has 0 unspecified atom stereocenters. The van der Waals surface area contributed by atoms with Gasteiger partial charge in [0.2, 0.25) is 11.9 Å². The molecule has 0 atom stereocenters. The molecule has 0 aliphatic heterocycles.